The highest BCUT2D eigenvalue weighted by Crippen LogP contribution is 2.29. The van der Waals surface area contributed by atoms with E-state index in [2.05, 4.69) is 39.0 Å². The molecule has 0 saturated carbocycles. The van der Waals surface area contributed by atoms with Crippen molar-refractivity contribution in [1.82, 2.24) is 0 Å². The first-order valence-electron chi connectivity index (χ1n) is 6.83. The van der Waals surface area contributed by atoms with Crippen LogP contribution in [0.2, 0.25) is 0 Å². The topological polar surface area (TPSA) is 42.2 Å². The third-order valence-corrected chi connectivity index (χ3v) is 3.51. The third kappa shape index (κ3) is 3.35. The summed E-state index contributed by atoms with van der Waals surface area (Å²) in [5.74, 6) is 1.23. The lowest BCUT2D eigenvalue weighted by molar-refractivity contribution is 0.283. The Labute approximate surface area is 125 Å². The zero-order chi connectivity index (χ0) is 15.4. The second-order valence-electron chi connectivity index (χ2n) is 5.14. The molecule has 0 amide bonds. The van der Waals surface area contributed by atoms with E-state index < -0.39 is 0 Å². The van der Waals surface area contributed by atoms with Crippen molar-refractivity contribution in [2.24, 2.45) is 0 Å². The molecule has 108 valence electrons. The van der Waals surface area contributed by atoms with Crippen molar-refractivity contribution in [3.05, 3.63) is 58.1 Å². The second kappa shape index (κ2) is 6.32. The fraction of sp³-hybridized carbons (Fsp3) is 0.278. The molecule has 0 N–H and O–H groups in total. The zero-order valence-corrected chi connectivity index (χ0v) is 12.9. The van der Waals surface area contributed by atoms with E-state index in [4.69, 9.17) is 14.7 Å². The van der Waals surface area contributed by atoms with Crippen LogP contribution in [-0.2, 0) is 6.61 Å². The van der Waals surface area contributed by atoms with E-state index in [1.54, 1.807) is 25.3 Å². The summed E-state index contributed by atoms with van der Waals surface area (Å²) in [6, 6.07) is 11.6. The summed E-state index contributed by atoms with van der Waals surface area (Å²) in [6.45, 7) is 6.76. The van der Waals surface area contributed by atoms with Crippen LogP contribution >= 0.6 is 0 Å². The van der Waals surface area contributed by atoms with E-state index in [0.29, 0.717) is 23.7 Å². The van der Waals surface area contributed by atoms with E-state index in [1.165, 1.54) is 22.3 Å². The number of aryl methyl sites for hydroxylation is 3. The first kappa shape index (κ1) is 14.9. The molecule has 0 fully saturated rings. The molecule has 0 aliphatic carbocycles. The molecular weight excluding hydrogens is 262 g/mol. The molecule has 0 aromatic heterocycles. The van der Waals surface area contributed by atoms with Crippen LogP contribution in [0, 0.1) is 32.1 Å². The first-order valence-corrected chi connectivity index (χ1v) is 6.83. The molecule has 3 nitrogen and oxygen atoms in total. The molecule has 3 heteroatoms. The fourth-order valence-corrected chi connectivity index (χ4v) is 2.44. The molecule has 0 bridgehead atoms. The van der Waals surface area contributed by atoms with Gasteiger partial charge in [-0.15, -0.1) is 0 Å². The van der Waals surface area contributed by atoms with Gasteiger partial charge < -0.3 is 9.47 Å². The SMILES string of the molecule is COc1cc(C#N)ccc1OCc1c(C)cc(C)cc1C. The predicted molar refractivity (Wildman–Crippen MR) is 82.7 cm³/mol. The first-order chi connectivity index (χ1) is 10.0. The molecule has 2 aromatic rings. The summed E-state index contributed by atoms with van der Waals surface area (Å²) >= 11 is 0. The van der Waals surface area contributed by atoms with Crippen molar-refractivity contribution < 1.29 is 9.47 Å². The van der Waals surface area contributed by atoms with E-state index >= 15 is 0 Å². The van der Waals surface area contributed by atoms with Gasteiger partial charge in [0.1, 0.15) is 6.61 Å². The molecular formula is C18H19NO2. The number of ether oxygens (including phenoxy) is 2. The van der Waals surface area contributed by atoms with Gasteiger partial charge >= 0.3 is 0 Å². The molecule has 0 atom stereocenters. The van der Waals surface area contributed by atoms with Gasteiger partial charge in [0.25, 0.3) is 0 Å². The standard InChI is InChI=1S/C18H19NO2/c1-12-7-13(2)16(14(3)8-12)11-21-17-6-5-15(10-19)9-18(17)20-4/h5-9H,11H2,1-4H3. The highest BCUT2D eigenvalue weighted by atomic mass is 16.5. The molecule has 0 unspecified atom stereocenters. The van der Waals surface area contributed by atoms with Crippen LogP contribution in [-0.4, -0.2) is 7.11 Å². The maximum absolute atomic E-state index is 8.91. The average molecular weight is 281 g/mol. The minimum Gasteiger partial charge on any atom is -0.493 e. The Balaban J connectivity index is 2.23. The minimum absolute atomic E-state index is 0.486. The van der Waals surface area contributed by atoms with Crippen LogP contribution in [0.15, 0.2) is 30.3 Å². The molecule has 2 aromatic carbocycles. The number of hydrogen-bond donors (Lipinski definition) is 0. The smallest absolute Gasteiger partial charge is 0.162 e. The van der Waals surface area contributed by atoms with Crippen LogP contribution in [0.5, 0.6) is 11.5 Å². The van der Waals surface area contributed by atoms with Crippen LogP contribution in [0.1, 0.15) is 27.8 Å². The van der Waals surface area contributed by atoms with Crippen molar-refractivity contribution in [1.29, 1.82) is 5.26 Å². The maximum Gasteiger partial charge on any atom is 0.162 e. The highest BCUT2D eigenvalue weighted by molar-refractivity contribution is 5.47. The van der Waals surface area contributed by atoms with E-state index in [1.807, 2.05) is 0 Å². The molecule has 0 radical (unpaired) electrons. The molecule has 0 heterocycles. The van der Waals surface area contributed by atoms with Crippen molar-refractivity contribution >= 4 is 0 Å². The Morgan fingerprint density at radius 2 is 1.67 bits per heavy atom. The molecule has 0 spiro atoms. The van der Waals surface area contributed by atoms with Gasteiger partial charge in [-0.3, -0.25) is 0 Å². The summed E-state index contributed by atoms with van der Waals surface area (Å²) in [7, 11) is 1.58. The maximum atomic E-state index is 8.91. The predicted octanol–water partition coefficient (Wildman–Crippen LogP) is 4.07. The number of nitrogens with zero attached hydrogens (tertiary/aromatic N) is 1. The van der Waals surface area contributed by atoms with Gasteiger partial charge in [0.05, 0.1) is 18.7 Å². The van der Waals surface area contributed by atoms with Crippen LogP contribution in [0.3, 0.4) is 0 Å². The molecule has 0 aliphatic rings. The van der Waals surface area contributed by atoms with Crippen molar-refractivity contribution in [2.45, 2.75) is 27.4 Å². The Hall–Kier alpha value is -2.47. The van der Waals surface area contributed by atoms with Gasteiger partial charge in [-0.1, -0.05) is 17.7 Å². The van der Waals surface area contributed by atoms with Gasteiger partial charge in [-0.05, 0) is 49.6 Å². The van der Waals surface area contributed by atoms with Gasteiger partial charge in [0.2, 0.25) is 0 Å². The van der Waals surface area contributed by atoms with E-state index in [9.17, 15) is 0 Å². The zero-order valence-electron chi connectivity index (χ0n) is 12.9. The van der Waals surface area contributed by atoms with Gasteiger partial charge in [0.15, 0.2) is 11.5 Å². The van der Waals surface area contributed by atoms with E-state index in [-0.39, 0.29) is 0 Å². The Bertz CT molecular complexity index is 676. The largest absolute Gasteiger partial charge is 0.493 e. The lowest BCUT2D eigenvalue weighted by atomic mass is 10.0. The average Bonchev–Trinajstić information content (AvgIpc) is 2.46. The van der Waals surface area contributed by atoms with Crippen molar-refractivity contribution in [2.75, 3.05) is 7.11 Å². The minimum atomic E-state index is 0.486. The number of rotatable bonds is 4. The number of methoxy groups -OCH3 is 1. The van der Waals surface area contributed by atoms with Gasteiger partial charge in [-0.25, -0.2) is 0 Å². The van der Waals surface area contributed by atoms with Gasteiger partial charge in [0, 0.05) is 6.07 Å². The number of benzene rings is 2. The summed E-state index contributed by atoms with van der Waals surface area (Å²) < 4.78 is 11.2. The fourth-order valence-electron chi connectivity index (χ4n) is 2.44. The highest BCUT2D eigenvalue weighted by Gasteiger charge is 2.09. The molecule has 2 rings (SSSR count). The monoisotopic (exact) mass is 281 g/mol. The number of nitriles is 1. The molecule has 0 aliphatic heterocycles. The van der Waals surface area contributed by atoms with Gasteiger partial charge in [-0.2, -0.15) is 5.26 Å². The Kier molecular flexibility index (Phi) is 4.49. The summed E-state index contributed by atoms with van der Waals surface area (Å²) in [5, 5.41) is 8.91. The summed E-state index contributed by atoms with van der Waals surface area (Å²) in [5.41, 5.74) is 5.44. The van der Waals surface area contributed by atoms with Crippen LogP contribution in [0.25, 0.3) is 0 Å². The van der Waals surface area contributed by atoms with Crippen LogP contribution in [0.4, 0.5) is 0 Å². The van der Waals surface area contributed by atoms with E-state index in [0.717, 1.165) is 0 Å². The lowest BCUT2D eigenvalue weighted by Gasteiger charge is -2.14. The number of hydrogen-bond acceptors (Lipinski definition) is 3. The molecule has 21 heavy (non-hydrogen) atoms. The Morgan fingerprint density at radius 1 is 1.00 bits per heavy atom. The quantitative estimate of drug-likeness (QED) is 0.848. The summed E-state index contributed by atoms with van der Waals surface area (Å²) in [4.78, 5) is 0. The normalized spacial score (nSPS) is 10.0. The van der Waals surface area contributed by atoms with Crippen LogP contribution < -0.4 is 9.47 Å². The summed E-state index contributed by atoms with van der Waals surface area (Å²) in [6.07, 6.45) is 0. The van der Waals surface area contributed by atoms with Crippen molar-refractivity contribution in [3.8, 4) is 17.6 Å². The third-order valence-electron chi connectivity index (χ3n) is 3.51. The second-order valence-corrected chi connectivity index (χ2v) is 5.14. The lowest BCUT2D eigenvalue weighted by Crippen LogP contribution is -2.02. The molecule has 0 saturated heterocycles. The van der Waals surface area contributed by atoms with Crippen molar-refractivity contribution in [3.63, 3.8) is 0 Å². The Morgan fingerprint density at radius 3 is 2.24 bits per heavy atom.